The molecule has 16 heavy (non-hydrogen) atoms. The number of hydrogen-bond acceptors (Lipinski definition) is 5. The number of nitrogens with one attached hydrogen (secondary N) is 1. The molecule has 5 nitrogen and oxygen atoms in total. The molecule has 1 aliphatic rings. The van der Waals surface area contributed by atoms with Crippen molar-refractivity contribution in [1.82, 2.24) is 14.9 Å². The second-order valence-corrected chi connectivity index (χ2v) is 4.22. The van der Waals surface area contributed by atoms with Gasteiger partial charge in [0.05, 0.1) is 5.69 Å². The lowest BCUT2D eigenvalue weighted by atomic mass is 10.2. The van der Waals surface area contributed by atoms with Gasteiger partial charge >= 0.3 is 0 Å². The topological polar surface area (TPSA) is 67.1 Å². The zero-order valence-corrected chi connectivity index (χ0v) is 9.74. The fraction of sp³-hybridized carbons (Fsp3) is 0.636. The summed E-state index contributed by atoms with van der Waals surface area (Å²) in [5.41, 5.74) is 7.86. The highest BCUT2D eigenvalue weighted by atomic mass is 15.1. The maximum atomic E-state index is 5.43. The largest absolute Gasteiger partial charge is 0.353 e. The van der Waals surface area contributed by atoms with Crippen LogP contribution in [0.1, 0.15) is 17.7 Å². The lowest BCUT2D eigenvalue weighted by Crippen LogP contribution is -2.18. The Kier molecular flexibility index (Phi) is 3.69. The van der Waals surface area contributed by atoms with Gasteiger partial charge in [-0.2, -0.15) is 0 Å². The van der Waals surface area contributed by atoms with Gasteiger partial charge in [0, 0.05) is 31.4 Å². The van der Waals surface area contributed by atoms with Crippen molar-refractivity contribution in [3.63, 3.8) is 0 Å². The van der Waals surface area contributed by atoms with Crippen molar-refractivity contribution in [1.29, 1.82) is 0 Å². The number of aromatic nitrogens is 2. The van der Waals surface area contributed by atoms with Gasteiger partial charge in [0.1, 0.15) is 0 Å². The Bertz CT molecular complexity index is 352. The SMILES string of the molecule is CN1CCCc2nc(NCCN)ncc2C1. The van der Waals surface area contributed by atoms with Crippen molar-refractivity contribution in [2.75, 3.05) is 32.0 Å². The van der Waals surface area contributed by atoms with Crippen LogP contribution < -0.4 is 11.1 Å². The van der Waals surface area contributed by atoms with Crippen LogP contribution in [0.15, 0.2) is 6.20 Å². The minimum atomic E-state index is 0.600. The van der Waals surface area contributed by atoms with Crippen LogP contribution in [0, 0.1) is 0 Å². The third-order valence-corrected chi connectivity index (χ3v) is 2.78. The summed E-state index contributed by atoms with van der Waals surface area (Å²) in [6, 6.07) is 0. The van der Waals surface area contributed by atoms with Gasteiger partial charge in [-0.05, 0) is 26.4 Å². The quantitative estimate of drug-likeness (QED) is 0.764. The second-order valence-electron chi connectivity index (χ2n) is 4.22. The first-order valence-corrected chi connectivity index (χ1v) is 5.77. The monoisotopic (exact) mass is 221 g/mol. The van der Waals surface area contributed by atoms with Crippen LogP contribution in [0.25, 0.3) is 0 Å². The third-order valence-electron chi connectivity index (χ3n) is 2.78. The van der Waals surface area contributed by atoms with Crippen LogP contribution in [-0.4, -0.2) is 41.5 Å². The van der Waals surface area contributed by atoms with E-state index in [0.717, 1.165) is 32.5 Å². The molecule has 0 atom stereocenters. The highest BCUT2D eigenvalue weighted by molar-refractivity contribution is 5.30. The van der Waals surface area contributed by atoms with Crippen molar-refractivity contribution in [3.05, 3.63) is 17.5 Å². The molecule has 1 aromatic rings. The van der Waals surface area contributed by atoms with Gasteiger partial charge in [0.2, 0.25) is 5.95 Å². The number of nitrogens with zero attached hydrogens (tertiary/aromatic N) is 3. The van der Waals surface area contributed by atoms with Gasteiger partial charge in [-0.15, -0.1) is 0 Å². The van der Waals surface area contributed by atoms with E-state index in [-0.39, 0.29) is 0 Å². The molecular weight excluding hydrogens is 202 g/mol. The Hall–Kier alpha value is -1.20. The van der Waals surface area contributed by atoms with E-state index in [4.69, 9.17) is 5.73 Å². The molecule has 0 aliphatic carbocycles. The zero-order valence-electron chi connectivity index (χ0n) is 9.74. The van der Waals surface area contributed by atoms with Gasteiger partial charge < -0.3 is 16.0 Å². The maximum Gasteiger partial charge on any atom is 0.222 e. The smallest absolute Gasteiger partial charge is 0.222 e. The molecule has 0 saturated carbocycles. The lowest BCUT2D eigenvalue weighted by molar-refractivity contribution is 0.332. The molecule has 0 radical (unpaired) electrons. The van der Waals surface area contributed by atoms with Gasteiger partial charge in [-0.1, -0.05) is 0 Å². The van der Waals surface area contributed by atoms with Crippen LogP contribution >= 0.6 is 0 Å². The third kappa shape index (κ3) is 2.68. The van der Waals surface area contributed by atoms with E-state index in [1.807, 2.05) is 6.20 Å². The van der Waals surface area contributed by atoms with Crippen molar-refractivity contribution in [2.45, 2.75) is 19.4 Å². The van der Waals surface area contributed by atoms with Gasteiger partial charge in [0.25, 0.3) is 0 Å². The van der Waals surface area contributed by atoms with Crippen LogP contribution in [0.3, 0.4) is 0 Å². The van der Waals surface area contributed by atoms with E-state index in [0.29, 0.717) is 12.5 Å². The first-order valence-electron chi connectivity index (χ1n) is 5.77. The highest BCUT2D eigenvalue weighted by Gasteiger charge is 2.13. The van der Waals surface area contributed by atoms with Gasteiger partial charge in [0.15, 0.2) is 0 Å². The standard InChI is InChI=1S/C11H19N5/c1-16-6-2-3-10-9(8-16)7-14-11(15-10)13-5-4-12/h7H,2-6,8,12H2,1H3,(H,13,14,15). The summed E-state index contributed by atoms with van der Waals surface area (Å²) in [7, 11) is 2.13. The fourth-order valence-electron chi connectivity index (χ4n) is 1.95. The maximum absolute atomic E-state index is 5.43. The van der Waals surface area contributed by atoms with Crippen molar-refractivity contribution in [2.24, 2.45) is 5.73 Å². The van der Waals surface area contributed by atoms with E-state index in [9.17, 15) is 0 Å². The number of fused-ring (bicyclic) bond motifs is 1. The molecule has 1 aromatic heterocycles. The van der Waals surface area contributed by atoms with Crippen LogP contribution in [-0.2, 0) is 13.0 Å². The van der Waals surface area contributed by atoms with E-state index in [1.54, 1.807) is 0 Å². The van der Waals surface area contributed by atoms with Gasteiger partial charge in [-0.3, -0.25) is 0 Å². The van der Waals surface area contributed by atoms with E-state index in [1.165, 1.54) is 11.3 Å². The molecule has 0 aromatic carbocycles. The van der Waals surface area contributed by atoms with Crippen molar-refractivity contribution >= 4 is 5.95 Å². The fourth-order valence-corrected chi connectivity index (χ4v) is 1.95. The van der Waals surface area contributed by atoms with Crippen LogP contribution in [0.2, 0.25) is 0 Å². The summed E-state index contributed by atoms with van der Waals surface area (Å²) in [4.78, 5) is 11.1. The molecule has 88 valence electrons. The summed E-state index contributed by atoms with van der Waals surface area (Å²) >= 11 is 0. The average molecular weight is 221 g/mol. The summed E-state index contributed by atoms with van der Waals surface area (Å²) in [5, 5.41) is 3.12. The Balaban J connectivity index is 2.14. The Morgan fingerprint density at radius 3 is 3.25 bits per heavy atom. The molecule has 0 unspecified atom stereocenters. The lowest BCUT2D eigenvalue weighted by Gasteiger charge is -2.13. The van der Waals surface area contributed by atoms with Crippen molar-refractivity contribution in [3.8, 4) is 0 Å². The number of nitrogens with two attached hydrogens (primary N) is 1. The van der Waals surface area contributed by atoms with Crippen LogP contribution in [0.5, 0.6) is 0 Å². The first kappa shape index (κ1) is 11.3. The molecule has 0 saturated heterocycles. The molecular formula is C11H19N5. The first-order chi connectivity index (χ1) is 7.79. The summed E-state index contributed by atoms with van der Waals surface area (Å²) in [5.74, 6) is 0.703. The number of hydrogen-bond donors (Lipinski definition) is 2. The summed E-state index contributed by atoms with van der Waals surface area (Å²) < 4.78 is 0. The summed E-state index contributed by atoms with van der Waals surface area (Å²) in [6.45, 7) is 3.40. The Morgan fingerprint density at radius 1 is 1.56 bits per heavy atom. The number of aryl methyl sites for hydroxylation is 1. The predicted molar refractivity (Wildman–Crippen MR) is 64.2 cm³/mol. The molecule has 2 heterocycles. The molecule has 5 heteroatoms. The van der Waals surface area contributed by atoms with Crippen molar-refractivity contribution < 1.29 is 0 Å². The Labute approximate surface area is 96.1 Å². The predicted octanol–water partition coefficient (Wildman–Crippen LogP) is 0.225. The normalized spacial score (nSPS) is 16.6. The van der Waals surface area contributed by atoms with Gasteiger partial charge in [-0.25, -0.2) is 9.97 Å². The number of rotatable bonds is 3. The highest BCUT2D eigenvalue weighted by Crippen LogP contribution is 2.16. The minimum Gasteiger partial charge on any atom is -0.353 e. The van der Waals surface area contributed by atoms with Crippen LogP contribution in [0.4, 0.5) is 5.95 Å². The minimum absolute atomic E-state index is 0.600. The molecule has 1 aliphatic heterocycles. The molecule has 0 fully saturated rings. The molecule has 0 bridgehead atoms. The van der Waals surface area contributed by atoms with E-state index >= 15 is 0 Å². The van der Waals surface area contributed by atoms with E-state index in [2.05, 4.69) is 27.2 Å². The zero-order chi connectivity index (χ0) is 11.4. The molecule has 3 N–H and O–H groups in total. The molecule has 2 rings (SSSR count). The number of anilines is 1. The molecule has 0 spiro atoms. The molecule has 0 amide bonds. The second kappa shape index (κ2) is 5.23. The Morgan fingerprint density at radius 2 is 2.44 bits per heavy atom. The average Bonchev–Trinajstić information content (AvgIpc) is 2.46. The summed E-state index contributed by atoms with van der Waals surface area (Å²) in [6.07, 6.45) is 4.14. The van der Waals surface area contributed by atoms with E-state index < -0.39 is 0 Å².